The fraction of sp³-hybridized carbons (Fsp3) is 0.536. The highest BCUT2D eigenvalue weighted by atomic mass is 16.1. The number of hydrogen-bond acceptors (Lipinski definition) is 5. The predicted octanol–water partition coefficient (Wildman–Crippen LogP) is 3.68. The Morgan fingerprint density at radius 1 is 1.17 bits per heavy atom. The van der Waals surface area contributed by atoms with Crippen molar-refractivity contribution in [1.29, 1.82) is 0 Å². The maximum atomic E-state index is 13.6. The van der Waals surface area contributed by atoms with E-state index in [0.29, 0.717) is 17.2 Å². The zero-order valence-corrected chi connectivity index (χ0v) is 22.6. The van der Waals surface area contributed by atoms with Gasteiger partial charge in [-0.25, -0.2) is 0 Å². The van der Waals surface area contributed by atoms with Crippen molar-refractivity contribution >= 4 is 22.5 Å². The number of rotatable bonds is 8. The summed E-state index contributed by atoms with van der Waals surface area (Å²) in [6, 6.07) is 4.32. The molecule has 1 aliphatic heterocycles. The average molecular weight is 493 g/mol. The Hall–Kier alpha value is -3.13. The Morgan fingerprint density at radius 2 is 1.89 bits per heavy atom. The smallest absolute Gasteiger partial charge is 0.253 e. The van der Waals surface area contributed by atoms with Crippen molar-refractivity contribution in [3.63, 3.8) is 0 Å². The summed E-state index contributed by atoms with van der Waals surface area (Å²) < 4.78 is 1.84. The number of hydrogen-bond donors (Lipinski definition) is 2. The molecule has 0 radical (unpaired) electrons. The van der Waals surface area contributed by atoms with Crippen molar-refractivity contribution in [1.82, 2.24) is 25.0 Å². The number of aromatic nitrogens is 3. The Morgan fingerprint density at radius 3 is 2.50 bits per heavy atom. The third-order valence-electron chi connectivity index (χ3n) is 7.72. The highest BCUT2D eigenvalue weighted by Gasteiger charge is 2.29. The molecule has 1 fully saturated rings. The summed E-state index contributed by atoms with van der Waals surface area (Å²) in [5.41, 5.74) is 5.92. The van der Waals surface area contributed by atoms with Crippen molar-refractivity contribution in [2.45, 2.75) is 66.5 Å². The number of fused-ring (bicyclic) bond motifs is 1. The molecule has 1 aromatic carbocycles. The molecule has 8 heteroatoms. The molecule has 0 spiro atoms. The largest absolute Gasteiger partial charge is 0.368 e. The van der Waals surface area contributed by atoms with E-state index in [4.69, 9.17) is 0 Å². The van der Waals surface area contributed by atoms with Gasteiger partial charge < -0.3 is 20.1 Å². The molecule has 1 aliphatic rings. The number of anilines is 1. The molecular formula is C28H40N6O2. The van der Waals surface area contributed by atoms with E-state index in [2.05, 4.69) is 46.0 Å². The fourth-order valence-corrected chi connectivity index (χ4v) is 5.71. The Bertz CT molecular complexity index is 1300. The number of nitrogens with one attached hydrogen (secondary N) is 2. The predicted molar refractivity (Wildman–Crippen MR) is 146 cm³/mol. The number of benzene rings is 1. The Labute approximate surface area is 213 Å². The lowest BCUT2D eigenvalue weighted by atomic mass is 9.95. The fourth-order valence-electron chi connectivity index (χ4n) is 5.71. The van der Waals surface area contributed by atoms with Crippen LogP contribution >= 0.6 is 0 Å². The summed E-state index contributed by atoms with van der Waals surface area (Å²) in [4.78, 5) is 33.9. The number of pyridine rings is 1. The number of amides is 1. The van der Waals surface area contributed by atoms with Crippen LogP contribution in [0.2, 0.25) is 0 Å². The molecule has 1 saturated heterocycles. The number of carbonyl (C=O) groups is 1. The minimum absolute atomic E-state index is 0.151. The topological polar surface area (TPSA) is 86.3 Å². The van der Waals surface area contributed by atoms with Crippen LogP contribution in [0, 0.1) is 13.8 Å². The summed E-state index contributed by atoms with van der Waals surface area (Å²) in [6.45, 7) is 14.6. The third kappa shape index (κ3) is 4.91. The summed E-state index contributed by atoms with van der Waals surface area (Å²) in [5.74, 6) is -0.160. The van der Waals surface area contributed by atoms with Gasteiger partial charge in [-0.1, -0.05) is 13.8 Å². The highest BCUT2D eigenvalue weighted by molar-refractivity contribution is 6.05. The van der Waals surface area contributed by atoms with E-state index in [1.807, 2.05) is 43.9 Å². The zero-order chi connectivity index (χ0) is 26.0. The number of aromatic amines is 1. The SMILES string of the molecule is CCc1c(C(=O)NCc2c(C)cc(C)[nH]c2=O)cc2c(cnn2C)c1N(CC)C1CCN(CC)CC1. The van der Waals surface area contributed by atoms with E-state index in [1.165, 1.54) is 0 Å². The van der Waals surface area contributed by atoms with Gasteiger partial charge in [-0.15, -0.1) is 0 Å². The van der Waals surface area contributed by atoms with Gasteiger partial charge in [0.05, 0.1) is 17.4 Å². The molecule has 3 aromatic rings. The average Bonchev–Trinajstić information content (AvgIpc) is 3.23. The molecule has 3 heterocycles. The Kier molecular flexibility index (Phi) is 7.83. The second-order valence-electron chi connectivity index (χ2n) is 9.88. The Balaban J connectivity index is 1.73. The number of nitrogens with zero attached hydrogens (tertiary/aromatic N) is 4. The summed E-state index contributed by atoms with van der Waals surface area (Å²) in [7, 11) is 1.92. The lowest BCUT2D eigenvalue weighted by molar-refractivity contribution is 0.0950. The summed E-state index contributed by atoms with van der Waals surface area (Å²) in [6.07, 6.45) is 4.89. The van der Waals surface area contributed by atoms with Crippen LogP contribution in [-0.4, -0.2) is 57.8 Å². The number of likely N-dealkylation sites (tertiary alicyclic amines) is 1. The van der Waals surface area contributed by atoms with Crippen LogP contribution in [0.1, 0.15) is 66.4 Å². The number of aryl methyl sites for hydroxylation is 3. The monoisotopic (exact) mass is 492 g/mol. The van der Waals surface area contributed by atoms with Crippen molar-refractivity contribution < 1.29 is 4.79 Å². The summed E-state index contributed by atoms with van der Waals surface area (Å²) >= 11 is 0. The van der Waals surface area contributed by atoms with Crippen molar-refractivity contribution in [2.75, 3.05) is 31.1 Å². The van der Waals surface area contributed by atoms with E-state index in [9.17, 15) is 9.59 Å². The normalized spacial score (nSPS) is 14.9. The number of H-pyrrole nitrogens is 1. The molecule has 4 rings (SSSR count). The van der Waals surface area contributed by atoms with Gasteiger partial charge in [-0.2, -0.15) is 5.10 Å². The first kappa shape index (κ1) is 25.9. The van der Waals surface area contributed by atoms with Gasteiger partial charge in [0.2, 0.25) is 0 Å². The van der Waals surface area contributed by atoms with Gasteiger partial charge in [0.1, 0.15) is 0 Å². The van der Waals surface area contributed by atoms with E-state index >= 15 is 0 Å². The van der Waals surface area contributed by atoms with E-state index in [-0.39, 0.29) is 18.0 Å². The van der Waals surface area contributed by atoms with Crippen molar-refractivity contribution in [3.05, 3.63) is 56.6 Å². The molecule has 0 unspecified atom stereocenters. The molecule has 0 bridgehead atoms. The van der Waals surface area contributed by atoms with Crippen LogP contribution < -0.4 is 15.8 Å². The second kappa shape index (κ2) is 10.9. The molecule has 0 atom stereocenters. The molecule has 1 amide bonds. The number of piperidine rings is 1. The molecule has 0 saturated carbocycles. The maximum absolute atomic E-state index is 13.6. The second-order valence-corrected chi connectivity index (χ2v) is 9.88. The molecule has 2 aromatic heterocycles. The van der Waals surface area contributed by atoms with Crippen LogP contribution in [0.5, 0.6) is 0 Å². The van der Waals surface area contributed by atoms with Crippen LogP contribution in [0.3, 0.4) is 0 Å². The first-order valence-electron chi connectivity index (χ1n) is 13.2. The van der Waals surface area contributed by atoms with Gasteiger partial charge in [0.15, 0.2) is 0 Å². The van der Waals surface area contributed by atoms with E-state index < -0.39 is 0 Å². The molecule has 194 valence electrons. The van der Waals surface area contributed by atoms with Crippen LogP contribution in [0.4, 0.5) is 5.69 Å². The zero-order valence-electron chi connectivity index (χ0n) is 22.6. The van der Waals surface area contributed by atoms with Gasteiger partial charge in [0, 0.05) is 61.5 Å². The van der Waals surface area contributed by atoms with Gasteiger partial charge in [-0.3, -0.25) is 14.3 Å². The van der Waals surface area contributed by atoms with E-state index in [0.717, 1.165) is 78.9 Å². The van der Waals surface area contributed by atoms with Crippen molar-refractivity contribution in [3.8, 4) is 0 Å². The molecular weight excluding hydrogens is 452 g/mol. The third-order valence-corrected chi connectivity index (χ3v) is 7.72. The molecule has 0 aliphatic carbocycles. The molecule has 36 heavy (non-hydrogen) atoms. The highest BCUT2D eigenvalue weighted by Crippen LogP contribution is 2.37. The minimum atomic E-state index is -0.160. The first-order chi connectivity index (χ1) is 17.3. The van der Waals surface area contributed by atoms with E-state index in [1.54, 1.807) is 0 Å². The lowest BCUT2D eigenvalue weighted by Crippen LogP contribution is -2.45. The minimum Gasteiger partial charge on any atom is -0.368 e. The van der Waals surface area contributed by atoms with Crippen molar-refractivity contribution in [2.24, 2.45) is 7.05 Å². The summed E-state index contributed by atoms with van der Waals surface area (Å²) in [5, 5.41) is 8.67. The molecule has 8 nitrogen and oxygen atoms in total. The van der Waals surface area contributed by atoms with Gasteiger partial charge >= 0.3 is 0 Å². The maximum Gasteiger partial charge on any atom is 0.253 e. The van der Waals surface area contributed by atoms with Gasteiger partial charge in [0.25, 0.3) is 11.5 Å². The lowest BCUT2D eigenvalue weighted by Gasteiger charge is -2.40. The number of carbonyl (C=O) groups excluding carboxylic acids is 1. The van der Waals surface area contributed by atoms with Crippen LogP contribution in [0.25, 0.3) is 10.9 Å². The molecule has 2 N–H and O–H groups in total. The first-order valence-corrected chi connectivity index (χ1v) is 13.2. The van der Waals surface area contributed by atoms with Gasteiger partial charge in [-0.05, 0) is 69.8 Å². The van der Waals surface area contributed by atoms with Crippen LogP contribution in [0.15, 0.2) is 23.1 Å². The quantitative estimate of drug-likeness (QED) is 0.501. The van der Waals surface area contributed by atoms with Crippen LogP contribution in [-0.2, 0) is 20.0 Å². The standard InChI is InChI=1S/C28H40N6O2/c1-7-21-22(27(35)29-16-23-18(4)14-19(5)31-28(23)36)15-25-24(17-30-32(25)6)26(21)34(9-3)20-10-12-33(8-2)13-11-20/h14-15,17,20H,7-13,16H2,1-6H3,(H,29,35)(H,31,36).